The van der Waals surface area contributed by atoms with Gasteiger partial charge in [0.15, 0.2) is 0 Å². The molecule has 0 heterocycles. The molecule has 1 aromatic rings. The van der Waals surface area contributed by atoms with Gasteiger partial charge in [-0.3, -0.25) is 9.59 Å². The maximum Gasteiger partial charge on any atom is 0.408 e. The number of nitrogens with zero attached hydrogens (tertiary/aromatic N) is 1. The lowest BCUT2D eigenvalue weighted by molar-refractivity contribution is -0.143. The van der Waals surface area contributed by atoms with Crippen LogP contribution in [0, 0.1) is 6.92 Å². The fourth-order valence-corrected chi connectivity index (χ4v) is 4.09. The van der Waals surface area contributed by atoms with Gasteiger partial charge < -0.3 is 30.5 Å². The summed E-state index contributed by atoms with van der Waals surface area (Å²) in [5, 5.41) is 26.4. The Hall–Kier alpha value is -2.81. The summed E-state index contributed by atoms with van der Waals surface area (Å²) in [6.45, 7) is 12.3. The molecule has 0 saturated heterocycles. The Labute approximate surface area is 222 Å². The number of hydrogen-bond acceptors (Lipinski definition) is 6. The smallest absolute Gasteiger partial charge is 0.408 e. The summed E-state index contributed by atoms with van der Waals surface area (Å²) in [7, 11) is 0. The number of carbonyl (C=O) groups is 3. The number of benzene rings is 1. The average Bonchev–Trinajstić information content (AvgIpc) is 2.80. The number of aromatic hydroxyl groups is 1. The summed E-state index contributed by atoms with van der Waals surface area (Å²) in [5.74, 6) is -1.13. The minimum absolute atomic E-state index is 0.0715. The Morgan fingerprint density at radius 1 is 1.05 bits per heavy atom. The van der Waals surface area contributed by atoms with Crippen molar-refractivity contribution in [2.75, 3.05) is 13.2 Å². The van der Waals surface area contributed by atoms with Gasteiger partial charge in [-0.25, -0.2) is 4.79 Å². The van der Waals surface area contributed by atoms with E-state index in [0.717, 1.165) is 32.1 Å². The first kappa shape index (κ1) is 32.2. The Morgan fingerprint density at radius 2 is 1.73 bits per heavy atom. The van der Waals surface area contributed by atoms with E-state index in [1.54, 1.807) is 45.9 Å². The molecule has 1 aromatic carbocycles. The van der Waals surface area contributed by atoms with Crippen LogP contribution >= 0.6 is 0 Å². The van der Waals surface area contributed by atoms with E-state index in [2.05, 4.69) is 17.6 Å². The zero-order chi connectivity index (χ0) is 28.2. The van der Waals surface area contributed by atoms with Gasteiger partial charge in [0.1, 0.15) is 23.4 Å². The predicted octanol–water partition coefficient (Wildman–Crippen LogP) is 4.34. The van der Waals surface area contributed by atoms with E-state index in [1.807, 2.05) is 13.8 Å². The van der Waals surface area contributed by atoms with Crippen LogP contribution in [0.15, 0.2) is 18.2 Å². The number of para-hydroxylation sites is 1. The number of amides is 3. The van der Waals surface area contributed by atoms with Crippen molar-refractivity contribution in [2.24, 2.45) is 0 Å². The highest BCUT2D eigenvalue weighted by Gasteiger charge is 2.37. The summed E-state index contributed by atoms with van der Waals surface area (Å²) < 4.78 is 5.27. The molecule has 0 aromatic heterocycles. The van der Waals surface area contributed by atoms with Crippen LogP contribution in [-0.2, 0) is 14.3 Å². The average molecular weight is 522 g/mol. The maximum absolute atomic E-state index is 13.8. The van der Waals surface area contributed by atoms with Gasteiger partial charge in [-0.15, -0.1) is 0 Å². The van der Waals surface area contributed by atoms with E-state index >= 15 is 0 Å². The first-order valence-corrected chi connectivity index (χ1v) is 13.4. The highest BCUT2D eigenvalue weighted by Crippen LogP contribution is 2.32. The zero-order valence-corrected chi connectivity index (χ0v) is 23.6. The molecular formula is C28H47N3O6. The SMILES string of the molecule is CCCCCCN(C(=O)C(CO)NC(=O)OC(C)(C)C)C(C(=O)NC(C)CCC)c1cccc(C)c1O. The van der Waals surface area contributed by atoms with Gasteiger partial charge in [-0.1, -0.05) is 57.7 Å². The molecule has 0 bridgehead atoms. The number of aliphatic hydroxyl groups excluding tert-OH is 1. The largest absolute Gasteiger partial charge is 0.507 e. The number of phenols is 1. The fourth-order valence-electron chi connectivity index (χ4n) is 4.09. The van der Waals surface area contributed by atoms with Crippen molar-refractivity contribution in [3.63, 3.8) is 0 Å². The third-order valence-corrected chi connectivity index (χ3v) is 5.94. The number of aliphatic hydroxyl groups is 1. The van der Waals surface area contributed by atoms with Crippen molar-refractivity contribution in [3.8, 4) is 5.75 Å². The number of alkyl carbamates (subject to hydrolysis) is 1. The summed E-state index contributed by atoms with van der Waals surface area (Å²) >= 11 is 0. The van der Waals surface area contributed by atoms with E-state index in [0.29, 0.717) is 17.5 Å². The first-order chi connectivity index (χ1) is 17.4. The second-order valence-corrected chi connectivity index (χ2v) is 10.6. The minimum Gasteiger partial charge on any atom is -0.507 e. The lowest BCUT2D eigenvalue weighted by Gasteiger charge is -2.35. The minimum atomic E-state index is -1.32. The van der Waals surface area contributed by atoms with Crippen molar-refractivity contribution in [2.45, 2.75) is 111 Å². The molecule has 0 radical (unpaired) electrons. The molecule has 3 amide bonds. The van der Waals surface area contributed by atoms with E-state index in [-0.39, 0.29) is 18.3 Å². The van der Waals surface area contributed by atoms with Crippen LogP contribution in [0.25, 0.3) is 0 Å². The molecule has 3 unspecified atom stereocenters. The van der Waals surface area contributed by atoms with Crippen LogP contribution in [-0.4, -0.2) is 63.9 Å². The van der Waals surface area contributed by atoms with Crippen molar-refractivity contribution in [1.29, 1.82) is 0 Å². The predicted molar refractivity (Wildman–Crippen MR) is 144 cm³/mol. The standard InChI is InChI=1S/C28H47N3O6/c1-8-10-11-12-17-31(26(35)22(18-32)30-27(36)37-28(5,6)7)23(25(34)29-20(4)14-9-2)21-16-13-15-19(3)24(21)33/h13,15-16,20,22-23,32-33H,8-12,14,17-18H2,1-7H3,(H,29,34)(H,30,36). The first-order valence-electron chi connectivity index (χ1n) is 13.4. The van der Waals surface area contributed by atoms with Gasteiger partial charge in [-0.05, 0) is 53.0 Å². The summed E-state index contributed by atoms with van der Waals surface area (Å²) in [6, 6.07) is 2.46. The third-order valence-electron chi connectivity index (χ3n) is 5.94. The van der Waals surface area contributed by atoms with Crippen LogP contribution in [0.4, 0.5) is 4.79 Å². The molecular weight excluding hydrogens is 474 g/mol. The Morgan fingerprint density at radius 3 is 2.30 bits per heavy atom. The van der Waals surface area contributed by atoms with Gasteiger partial charge in [-0.2, -0.15) is 0 Å². The van der Waals surface area contributed by atoms with Crippen LogP contribution in [0.2, 0.25) is 0 Å². The lowest BCUT2D eigenvalue weighted by atomic mass is 9.98. The van der Waals surface area contributed by atoms with Crippen LogP contribution in [0.1, 0.15) is 97.2 Å². The molecule has 0 saturated carbocycles. The number of hydrogen-bond donors (Lipinski definition) is 4. The zero-order valence-electron chi connectivity index (χ0n) is 23.6. The number of nitrogens with one attached hydrogen (secondary N) is 2. The summed E-state index contributed by atoms with van der Waals surface area (Å²) in [5.41, 5.74) is 0.0675. The second kappa shape index (κ2) is 15.4. The van der Waals surface area contributed by atoms with Gasteiger partial charge in [0.2, 0.25) is 11.8 Å². The number of ether oxygens (including phenoxy) is 1. The molecule has 9 heteroatoms. The van der Waals surface area contributed by atoms with Crippen LogP contribution in [0.5, 0.6) is 5.75 Å². The molecule has 0 aliphatic rings. The van der Waals surface area contributed by atoms with E-state index in [9.17, 15) is 24.6 Å². The number of phenolic OH excluding ortho intramolecular Hbond substituents is 1. The molecule has 210 valence electrons. The molecule has 9 nitrogen and oxygen atoms in total. The molecule has 37 heavy (non-hydrogen) atoms. The monoisotopic (exact) mass is 521 g/mol. The Kier molecular flexibility index (Phi) is 13.4. The summed E-state index contributed by atoms with van der Waals surface area (Å²) in [4.78, 5) is 41.2. The molecule has 0 fully saturated rings. The van der Waals surface area contributed by atoms with E-state index in [4.69, 9.17) is 4.74 Å². The van der Waals surface area contributed by atoms with Crippen LogP contribution < -0.4 is 10.6 Å². The van der Waals surface area contributed by atoms with Gasteiger partial charge in [0.05, 0.1) is 6.61 Å². The highest BCUT2D eigenvalue weighted by molar-refractivity contribution is 5.92. The van der Waals surface area contributed by atoms with Gasteiger partial charge in [0, 0.05) is 18.2 Å². The number of carbonyl (C=O) groups excluding carboxylic acids is 3. The number of unbranched alkanes of at least 4 members (excludes halogenated alkanes) is 3. The highest BCUT2D eigenvalue weighted by atomic mass is 16.6. The molecule has 0 spiro atoms. The van der Waals surface area contributed by atoms with Crippen molar-refractivity contribution >= 4 is 17.9 Å². The van der Waals surface area contributed by atoms with Crippen molar-refractivity contribution in [1.82, 2.24) is 15.5 Å². The number of rotatable bonds is 14. The van der Waals surface area contributed by atoms with E-state index < -0.39 is 42.2 Å². The molecule has 4 N–H and O–H groups in total. The topological polar surface area (TPSA) is 128 Å². The van der Waals surface area contributed by atoms with E-state index in [1.165, 1.54) is 4.90 Å². The number of aryl methyl sites for hydroxylation is 1. The molecule has 3 atom stereocenters. The maximum atomic E-state index is 13.8. The quantitative estimate of drug-likeness (QED) is 0.270. The Bertz CT molecular complexity index is 883. The van der Waals surface area contributed by atoms with Crippen LogP contribution in [0.3, 0.4) is 0 Å². The fraction of sp³-hybridized carbons (Fsp3) is 0.679. The third kappa shape index (κ3) is 10.6. The van der Waals surface area contributed by atoms with Gasteiger partial charge in [0.25, 0.3) is 0 Å². The van der Waals surface area contributed by atoms with Gasteiger partial charge >= 0.3 is 6.09 Å². The lowest BCUT2D eigenvalue weighted by Crippen LogP contribution is -2.55. The second-order valence-electron chi connectivity index (χ2n) is 10.6. The molecule has 0 aliphatic heterocycles. The molecule has 1 rings (SSSR count). The Balaban J connectivity index is 3.48. The molecule has 0 aliphatic carbocycles. The van der Waals surface area contributed by atoms with Crippen molar-refractivity contribution < 1.29 is 29.3 Å². The normalized spacial score (nSPS) is 13.8. The van der Waals surface area contributed by atoms with Crippen molar-refractivity contribution in [3.05, 3.63) is 29.3 Å². The summed E-state index contributed by atoms with van der Waals surface area (Å²) in [6.07, 6.45) is 4.18.